The van der Waals surface area contributed by atoms with E-state index in [2.05, 4.69) is 11.9 Å². The molecule has 0 saturated carbocycles. The number of alkyl carbamates (subject to hydrolysis) is 1. The van der Waals surface area contributed by atoms with E-state index in [1.54, 1.807) is 0 Å². The summed E-state index contributed by atoms with van der Waals surface area (Å²) >= 11 is 0. The SMILES string of the molecule is C=CCOC(=O)NC(C)(C(=O)O)C1CCOCC1. The van der Waals surface area contributed by atoms with Gasteiger partial charge >= 0.3 is 12.1 Å². The Labute approximate surface area is 106 Å². The molecule has 1 fully saturated rings. The first-order valence-corrected chi connectivity index (χ1v) is 5.87. The summed E-state index contributed by atoms with van der Waals surface area (Å²) in [6.45, 7) is 5.99. The van der Waals surface area contributed by atoms with Crippen LogP contribution in [0.3, 0.4) is 0 Å². The van der Waals surface area contributed by atoms with Gasteiger partial charge in [0.15, 0.2) is 0 Å². The van der Waals surface area contributed by atoms with Crippen molar-refractivity contribution in [2.75, 3.05) is 19.8 Å². The van der Waals surface area contributed by atoms with Crippen molar-refractivity contribution in [2.24, 2.45) is 5.92 Å². The number of hydrogen-bond donors (Lipinski definition) is 2. The molecule has 0 radical (unpaired) electrons. The second kappa shape index (κ2) is 6.39. The second-order valence-corrected chi connectivity index (χ2v) is 4.41. The van der Waals surface area contributed by atoms with Crippen LogP contribution in [0.15, 0.2) is 12.7 Å². The van der Waals surface area contributed by atoms with E-state index in [1.807, 2.05) is 0 Å². The molecule has 1 heterocycles. The maximum absolute atomic E-state index is 11.5. The maximum Gasteiger partial charge on any atom is 0.408 e. The van der Waals surface area contributed by atoms with Gasteiger partial charge in [0.2, 0.25) is 0 Å². The van der Waals surface area contributed by atoms with E-state index in [0.29, 0.717) is 26.1 Å². The normalized spacial score (nSPS) is 19.6. The van der Waals surface area contributed by atoms with Gasteiger partial charge in [-0.05, 0) is 25.7 Å². The monoisotopic (exact) mass is 257 g/mol. The van der Waals surface area contributed by atoms with Gasteiger partial charge in [-0.15, -0.1) is 0 Å². The number of carbonyl (C=O) groups is 2. The van der Waals surface area contributed by atoms with Crippen LogP contribution in [-0.2, 0) is 14.3 Å². The zero-order valence-corrected chi connectivity index (χ0v) is 10.5. The second-order valence-electron chi connectivity index (χ2n) is 4.41. The fourth-order valence-corrected chi connectivity index (χ4v) is 1.99. The number of rotatable bonds is 5. The van der Waals surface area contributed by atoms with Gasteiger partial charge in [0, 0.05) is 13.2 Å². The molecule has 6 nitrogen and oxygen atoms in total. The molecule has 1 atom stereocenters. The Hall–Kier alpha value is -1.56. The number of carbonyl (C=O) groups excluding carboxylic acids is 1. The Morgan fingerprint density at radius 3 is 2.67 bits per heavy atom. The van der Waals surface area contributed by atoms with E-state index in [-0.39, 0.29) is 12.5 Å². The lowest BCUT2D eigenvalue weighted by Crippen LogP contribution is -2.58. The smallest absolute Gasteiger partial charge is 0.408 e. The average molecular weight is 257 g/mol. The van der Waals surface area contributed by atoms with Crippen LogP contribution < -0.4 is 5.32 Å². The van der Waals surface area contributed by atoms with Crippen molar-refractivity contribution < 1.29 is 24.2 Å². The molecule has 1 aliphatic rings. The summed E-state index contributed by atoms with van der Waals surface area (Å²) in [6, 6.07) is 0. The highest BCUT2D eigenvalue weighted by molar-refractivity contribution is 5.84. The number of amides is 1. The van der Waals surface area contributed by atoms with Crippen molar-refractivity contribution in [3.8, 4) is 0 Å². The van der Waals surface area contributed by atoms with Gasteiger partial charge in [-0.2, -0.15) is 0 Å². The first kappa shape index (κ1) is 14.5. The molecule has 0 bridgehead atoms. The molecule has 2 N–H and O–H groups in total. The molecule has 0 aliphatic carbocycles. The molecule has 18 heavy (non-hydrogen) atoms. The largest absolute Gasteiger partial charge is 0.480 e. The van der Waals surface area contributed by atoms with E-state index in [1.165, 1.54) is 13.0 Å². The first-order chi connectivity index (χ1) is 8.50. The van der Waals surface area contributed by atoms with E-state index < -0.39 is 17.6 Å². The van der Waals surface area contributed by atoms with Crippen LogP contribution in [0.5, 0.6) is 0 Å². The minimum absolute atomic E-state index is 0.0509. The van der Waals surface area contributed by atoms with Gasteiger partial charge in [-0.1, -0.05) is 12.7 Å². The lowest BCUT2D eigenvalue weighted by Gasteiger charge is -2.36. The van der Waals surface area contributed by atoms with E-state index in [9.17, 15) is 14.7 Å². The maximum atomic E-state index is 11.5. The van der Waals surface area contributed by atoms with Crippen molar-refractivity contribution >= 4 is 12.1 Å². The van der Waals surface area contributed by atoms with Crippen LogP contribution in [0.25, 0.3) is 0 Å². The van der Waals surface area contributed by atoms with Gasteiger partial charge in [0.05, 0.1) is 0 Å². The summed E-state index contributed by atoms with van der Waals surface area (Å²) in [7, 11) is 0. The molecule has 0 aromatic rings. The molecular formula is C12H19NO5. The summed E-state index contributed by atoms with van der Waals surface area (Å²) in [4.78, 5) is 22.9. The zero-order chi connectivity index (χ0) is 13.6. The van der Waals surface area contributed by atoms with Crippen LogP contribution in [0.1, 0.15) is 19.8 Å². The summed E-state index contributed by atoms with van der Waals surface area (Å²) < 4.78 is 9.96. The van der Waals surface area contributed by atoms with Crippen LogP contribution in [0.2, 0.25) is 0 Å². The molecule has 0 spiro atoms. The van der Waals surface area contributed by atoms with Crippen LogP contribution >= 0.6 is 0 Å². The Bertz CT molecular complexity index is 324. The molecule has 1 saturated heterocycles. The quantitative estimate of drug-likeness (QED) is 0.722. The minimum Gasteiger partial charge on any atom is -0.480 e. The van der Waals surface area contributed by atoms with Crippen LogP contribution in [0, 0.1) is 5.92 Å². The lowest BCUT2D eigenvalue weighted by molar-refractivity contribution is -0.148. The minimum atomic E-state index is -1.33. The number of hydrogen-bond acceptors (Lipinski definition) is 4. The third-order valence-corrected chi connectivity index (χ3v) is 3.18. The molecular weight excluding hydrogens is 238 g/mol. The molecule has 102 valence electrons. The lowest BCUT2D eigenvalue weighted by atomic mass is 9.80. The molecule has 1 unspecified atom stereocenters. The van der Waals surface area contributed by atoms with E-state index in [0.717, 1.165) is 0 Å². The van der Waals surface area contributed by atoms with Crippen molar-refractivity contribution in [3.05, 3.63) is 12.7 Å². The van der Waals surface area contributed by atoms with Crippen molar-refractivity contribution in [1.29, 1.82) is 0 Å². The zero-order valence-electron chi connectivity index (χ0n) is 10.5. The summed E-state index contributed by atoms with van der Waals surface area (Å²) in [5.41, 5.74) is -1.33. The fourth-order valence-electron chi connectivity index (χ4n) is 1.99. The van der Waals surface area contributed by atoms with Crippen LogP contribution in [0.4, 0.5) is 4.79 Å². The van der Waals surface area contributed by atoms with Gasteiger partial charge in [-0.3, -0.25) is 0 Å². The van der Waals surface area contributed by atoms with Crippen molar-refractivity contribution in [1.82, 2.24) is 5.32 Å². The number of carboxylic acid groups (broad SMARTS) is 1. The number of ether oxygens (including phenoxy) is 2. The fraction of sp³-hybridized carbons (Fsp3) is 0.667. The van der Waals surface area contributed by atoms with Gasteiger partial charge in [0.25, 0.3) is 0 Å². The highest BCUT2D eigenvalue weighted by Gasteiger charge is 2.43. The predicted molar refractivity (Wildman–Crippen MR) is 64.3 cm³/mol. The third-order valence-electron chi connectivity index (χ3n) is 3.18. The van der Waals surface area contributed by atoms with Crippen molar-refractivity contribution in [3.63, 3.8) is 0 Å². The first-order valence-electron chi connectivity index (χ1n) is 5.87. The van der Waals surface area contributed by atoms with E-state index >= 15 is 0 Å². The highest BCUT2D eigenvalue weighted by atomic mass is 16.5. The predicted octanol–water partition coefficient (Wildman–Crippen LogP) is 1.17. The van der Waals surface area contributed by atoms with E-state index in [4.69, 9.17) is 9.47 Å². The van der Waals surface area contributed by atoms with Crippen molar-refractivity contribution in [2.45, 2.75) is 25.3 Å². The Kier molecular flexibility index (Phi) is 5.15. The van der Waals surface area contributed by atoms with Gasteiger partial charge in [0.1, 0.15) is 12.1 Å². The summed E-state index contributed by atoms with van der Waals surface area (Å²) in [5, 5.41) is 11.8. The Morgan fingerprint density at radius 1 is 1.56 bits per heavy atom. The average Bonchev–Trinajstić information content (AvgIpc) is 2.37. The standard InChI is InChI=1S/C12H19NO5/c1-3-6-18-11(16)13-12(2,10(14)15)9-4-7-17-8-5-9/h3,9H,1,4-8H2,2H3,(H,13,16)(H,14,15). The van der Waals surface area contributed by atoms with Gasteiger partial charge < -0.3 is 19.9 Å². The molecule has 1 amide bonds. The number of aliphatic carboxylic acids is 1. The Morgan fingerprint density at radius 2 is 2.17 bits per heavy atom. The number of carboxylic acids is 1. The molecule has 0 aromatic heterocycles. The highest BCUT2D eigenvalue weighted by Crippen LogP contribution is 2.27. The summed E-state index contributed by atoms with van der Waals surface area (Å²) in [5.74, 6) is -1.23. The molecule has 0 aromatic carbocycles. The van der Waals surface area contributed by atoms with Crippen LogP contribution in [-0.4, -0.2) is 42.5 Å². The van der Waals surface area contributed by atoms with Gasteiger partial charge in [-0.25, -0.2) is 9.59 Å². The summed E-state index contributed by atoms with van der Waals surface area (Å²) in [6.07, 6.45) is 1.88. The molecule has 1 rings (SSSR count). The number of nitrogens with one attached hydrogen (secondary N) is 1. The Balaban J connectivity index is 2.69. The molecule has 6 heteroatoms. The molecule has 1 aliphatic heterocycles. The topological polar surface area (TPSA) is 84.9 Å². The third kappa shape index (κ3) is 3.46.